The molecule has 0 spiro atoms. The van der Waals surface area contributed by atoms with E-state index in [9.17, 15) is 0 Å². The van der Waals surface area contributed by atoms with Crippen molar-refractivity contribution in [2.24, 2.45) is 29.6 Å². The molecule has 0 aromatic heterocycles. The fraction of sp³-hybridized carbons (Fsp3) is 1.00. The van der Waals surface area contributed by atoms with Gasteiger partial charge in [0.25, 0.3) is 0 Å². The molecule has 0 aliphatic heterocycles. The van der Waals surface area contributed by atoms with E-state index in [-0.39, 0.29) is 0 Å². The first-order valence-corrected chi connectivity index (χ1v) is 5.04. The van der Waals surface area contributed by atoms with Crippen molar-refractivity contribution in [2.45, 2.75) is 41.0 Å². The maximum atomic E-state index is 2.41. The molecule has 0 heteroatoms. The quantitative estimate of drug-likeness (QED) is 0.583. The lowest BCUT2D eigenvalue weighted by Gasteiger charge is -2.04. The molecule has 1 saturated carbocycles. The molecule has 0 N–H and O–H groups in total. The zero-order chi connectivity index (χ0) is 8.59. The van der Waals surface area contributed by atoms with Gasteiger partial charge in [0, 0.05) is 0 Å². The van der Waals surface area contributed by atoms with Crippen LogP contribution in [0.4, 0.5) is 0 Å². The van der Waals surface area contributed by atoms with Crippen LogP contribution in [0.15, 0.2) is 0 Å². The van der Waals surface area contributed by atoms with Gasteiger partial charge in [0.2, 0.25) is 0 Å². The highest BCUT2D eigenvalue weighted by Gasteiger charge is 2.47. The molecule has 1 aliphatic rings. The summed E-state index contributed by atoms with van der Waals surface area (Å²) in [6, 6.07) is 0. The lowest BCUT2D eigenvalue weighted by atomic mass is 10.0. The highest BCUT2D eigenvalue weighted by atomic mass is 14.5. The molecule has 0 bridgehead atoms. The highest BCUT2D eigenvalue weighted by molar-refractivity contribution is 4.95. The molecule has 0 heterocycles. The third-order valence-electron chi connectivity index (χ3n) is 3.15. The van der Waals surface area contributed by atoms with Gasteiger partial charge in [-0.25, -0.2) is 0 Å². The van der Waals surface area contributed by atoms with E-state index >= 15 is 0 Å². The van der Waals surface area contributed by atoms with E-state index < -0.39 is 0 Å². The predicted molar refractivity (Wildman–Crippen MR) is 50.4 cm³/mol. The maximum absolute atomic E-state index is 2.41. The predicted octanol–water partition coefficient (Wildman–Crippen LogP) is 3.57. The Bertz CT molecular complexity index is 124. The van der Waals surface area contributed by atoms with Crippen LogP contribution in [0, 0.1) is 29.6 Å². The summed E-state index contributed by atoms with van der Waals surface area (Å²) in [4.78, 5) is 0. The van der Waals surface area contributed by atoms with Gasteiger partial charge in [0.15, 0.2) is 0 Å². The van der Waals surface area contributed by atoms with Crippen molar-refractivity contribution in [3.05, 3.63) is 0 Å². The fourth-order valence-electron chi connectivity index (χ4n) is 2.60. The first-order chi connectivity index (χ1) is 5.04. The van der Waals surface area contributed by atoms with Gasteiger partial charge in [0.05, 0.1) is 0 Å². The monoisotopic (exact) mass is 154 g/mol. The molecular weight excluding hydrogens is 132 g/mol. The van der Waals surface area contributed by atoms with Crippen LogP contribution in [0.5, 0.6) is 0 Å². The molecule has 0 aromatic rings. The molecule has 11 heavy (non-hydrogen) atoms. The van der Waals surface area contributed by atoms with Gasteiger partial charge in [0.1, 0.15) is 0 Å². The van der Waals surface area contributed by atoms with Gasteiger partial charge in [-0.2, -0.15) is 0 Å². The SMILES string of the molecule is CC(C)CC1C(C(C)C)[C@H]1C. The molecule has 1 fully saturated rings. The summed E-state index contributed by atoms with van der Waals surface area (Å²) in [7, 11) is 0. The van der Waals surface area contributed by atoms with Gasteiger partial charge < -0.3 is 0 Å². The Morgan fingerprint density at radius 2 is 1.64 bits per heavy atom. The second-order valence-electron chi connectivity index (χ2n) is 4.97. The van der Waals surface area contributed by atoms with Gasteiger partial charge in [-0.1, -0.05) is 34.6 Å². The van der Waals surface area contributed by atoms with E-state index in [1.165, 1.54) is 6.42 Å². The first kappa shape index (κ1) is 9.09. The van der Waals surface area contributed by atoms with Gasteiger partial charge in [-0.15, -0.1) is 0 Å². The van der Waals surface area contributed by atoms with E-state index in [2.05, 4.69) is 34.6 Å². The van der Waals surface area contributed by atoms with E-state index in [4.69, 9.17) is 0 Å². The summed E-state index contributed by atoms with van der Waals surface area (Å²) < 4.78 is 0. The van der Waals surface area contributed by atoms with Crippen molar-refractivity contribution in [1.29, 1.82) is 0 Å². The second kappa shape index (κ2) is 3.16. The molecule has 66 valence electrons. The van der Waals surface area contributed by atoms with Crippen molar-refractivity contribution in [1.82, 2.24) is 0 Å². The minimum atomic E-state index is 0.895. The Labute approximate surface area is 71.4 Å². The fourth-order valence-corrected chi connectivity index (χ4v) is 2.60. The molecule has 0 nitrogen and oxygen atoms in total. The molecule has 2 unspecified atom stereocenters. The smallest absolute Gasteiger partial charge is 0.0331 e. The summed E-state index contributed by atoms with van der Waals surface area (Å²) in [6.07, 6.45) is 1.45. The van der Waals surface area contributed by atoms with Crippen LogP contribution in [-0.4, -0.2) is 0 Å². The number of rotatable bonds is 3. The Morgan fingerprint density at radius 1 is 1.09 bits per heavy atom. The van der Waals surface area contributed by atoms with Gasteiger partial charge in [-0.3, -0.25) is 0 Å². The Morgan fingerprint density at radius 3 is 1.91 bits per heavy atom. The topological polar surface area (TPSA) is 0 Å². The average molecular weight is 154 g/mol. The summed E-state index contributed by atoms with van der Waals surface area (Å²) in [5.74, 6) is 4.91. The number of hydrogen-bond acceptors (Lipinski definition) is 0. The van der Waals surface area contributed by atoms with E-state index in [1.54, 1.807) is 0 Å². The molecule has 0 saturated heterocycles. The average Bonchev–Trinajstić information content (AvgIpc) is 2.40. The van der Waals surface area contributed by atoms with Crippen LogP contribution >= 0.6 is 0 Å². The Hall–Kier alpha value is 0. The third-order valence-corrected chi connectivity index (χ3v) is 3.15. The van der Waals surface area contributed by atoms with Crippen LogP contribution in [0.3, 0.4) is 0 Å². The lowest BCUT2D eigenvalue weighted by molar-refractivity contribution is 0.457. The Kier molecular flexibility index (Phi) is 2.61. The first-order valence-electron chi connectivity index (χ1n) is 5.04. The molecule has 0 radical (unpaired) electrons. The molecular formula is C11H22. The molecule has 0 amide bonds. The van der Waals surface area contributed by atoms with Crippen LogP contribution in [0.25, 0.3) is 0 Å². The minimum absolute atomic E-state index is 0.895. The van der Waals surface area contributed by atoms with E-state index in [1.807, 2.05) is 0 Å². The highest BCUT2D eigenvalue weighted by Crippen LogP contribution is 2.53. The summed E-state index contributed by atoms with van der Waals surface area (Å²) in [6.45, 7) is 11.8. The number of hydrogen-bond donors (Lipinski definition) is 0. The summed E-state index contributed by atoms with van der Waals surface area (Å²) in [5, 5.41) is 0. The summed E-state index contributed by atoms with van der Waals surface area (Å²) in [5.41, 5.74) is 0. The normalized spacial score (nSPS) is 36.8. The van der Waals surface area contributed by atoms with Crippen LogP contribution < -0.4 is 0 Å². The molecule has 1 aliphatic carbocycles. The van der Waals surface area contributed by atoms with Crippen LogP contribution in [0.2, 0.25) is 0 Å². The van der Waals surface area contributed by atoms with E-state index in [0.717, 1.165) is 29.6 Å². The Balaban J connectivity index is 2.30. The van der Waals surface area contributed by atoms with Gasteiger partial charge in [-0.05, 0) is 36.0 Å². The van der Waals surface area contributed by atoms with Crippen molar-refractivity contribution in [3.8, 4) is 0 Å². The van der Waals surface area contributed by atoms with Gasteiger partial charge >= 0.3 is 0 Å². The third kappa shape index (κ3) is 1.98. The second-order valence-corrected chi connectivity index (χ2v) is 4.97. The van der Waals surface area contributed by atoms with Crippen LogP contribution in [0.1, 0.15) is 41.0 Å². The van der Waals surface area contributed by atoms with Crippen molar-refractivity contribution in [3.63, 3.8) is 0 Å². The zero-order valence-corrected chi connectivity index (χ0v) is 8.59. The zero-order valence-electron chi connectivity index (χ0n) is 8.59. The van der Waals surface area contributed by atoms with Crippen molar-refractivity contribution in [2.75, 3.05) is 0 Å². The maximum Gasteiger partial charge on any atom is -0.0331 e. The van der Waals surface area contributed by atoms with Crippen molar-refractivity contribution < 1.29 is 0 Å². The molecule has 0 aromatic carbocycles. The standard InChI is InChI=1S/C11H22/c1-7(2)6-10-9(5)11(10)8(3)4/h7-11H,6H2,1-5H3/t9-,10?,11?/m0/s1. The lowest BCUT2D eigenvalue weighted by Crippen LogP contribution is -1.95. The minimum Gasteiger partial charge on any atom is -0.0628 e. The van der Waals surface area contributed by atoms with E-state index in [0.29, 0.717) is 0 Å². The molecule has 3 atom stereocenters. The largest absolute Gasteiger partial charge is 0.0628 e. The van der Waals surface area contributed by atoms with Crippen molar-refractivity contribution >= 4 is 0 Å². The van der Waals surface area contributed by atoms with Crippen LogP contribution in [-0.2, 0) is 0 Å². The summed E-state index contributed by atoms with van der Waals surface area (Å²) >= 11 is 0. The molecule has 1 rings (SSSR count).